The van der Waals surface area contributed by atoms with Gasteiger partial charge >= 0.3 is 0 Å². The van der Waals surface area contributed by atoms with Gasteiger partial charge in [-0.15, -0.1) is 0 Å². The van der Waals surface area contributed by atoms with E-state index in [0.29, 0.717) is 23.6 Å². The number of rotatable bonds is 11. The van der Waals surface area contributed by atoms with E-state index in [1.165, 1.54) is 6.34 Å². The Morgan fingerprint density at radius 2 is 2.19 bits per heavy atom. The molecule has 146 valence electrons. The number of benzene rings is 1. The van der Waals surface area contributed by atoms with Crippen LogP contribution in [0, 0.1) is 5.41 Å². The quantitative estimate of drug-likeness (QED) is 0.352. The van der Waals surface area contributed by atoms with E-state index in [4.69, 9.17) is 15.9 Å². The van der Waals surface area contributed by atoms with Gasteiger partial charge in [0.15, 0.2) is 0 Å². The van der Waals surface area contributed by atoms with Gasteiger partial charge in [0.1, 0.15) is 17.7 Å². The van der Waals surface area contributed by atoms with Gasteiger partial charge in [-0.25, -0.2) is 4.99 Å². The van der Waals surface area contributed by atoms with Gasteiger partial charge in [-0.05, 0) is 64.1 Å². The van der Waals surface area contributed by atoms with Crippen LogP contribution in [0.3, 0.4) is 0 Å². The van der Waals surface area contributed by atoms with Crippen LogP contribution in [0.25, 0.3) is 0 Å². The van der Waals surface area contributed by atoms with Crippen LogP contribution in [0.5, 0.6) is 5.75 Å². The lowest BCUT2D eigenvalue weighted by Crippen LogP contribution is -2.19. The zero-order valence-electron chi connectivity index (χ0n) is 16.7. The SMILES string of the molecule is C=CC(=N/C=N\CN(C)CCCC)C(=N)c1cc(OC2(C)CC2)ccc1N. The minimum Gasteiger partial charge on any atom is -0.488 e. The number of hydrogen-bond donors (Lipinski definition) is 2. The molecule has 0 unspecified atom stereocenters. The first-order chi connectivity index (χ1) is 12.9. The smallest absolute Gasteiger partial charge is 0.120 e. The van der Waals surface area contributed by atoms with Crippen LogP contribution in [-0.2, 0) is 0 Å². The Kier molecular flexibility index (Phi) is 7.30. The number of unbranched alkanes of at least 4 members (excludes halogenated alkanes) is 1. The molecular weight excluding hydrogens is 338 g/mol. The largest absolute Gasteiger partial charge is 0.488 e. The maximum absolute atomic E-state index is 8.47. The van der Waals surface area contributed by atoms with E-state index in [-0.39, 0.29) is 11.3 Å². The van der Waals surface area contributed by atoms with Crippen LogP contribution in [-0.4, -0.2) is 48.5 Å². The summed E-state index contributed by atoms with van der Waals surface area (Å²) in [4.78, 5) is 10.7. The maximum Gasteiger partial charge on any atom is 0.120 e. The molecule has 1 fully saturated rings. The summed E-state index contributed by atoms with van der Waals surface area (Å²) in [6, 6.07) is 5.41. The Balaban J connectivity index is 2.06. The van der Waals surface area contributed by atoms with Crippen molar-refractivity contribution in [2.45, 2.75) is 45.1 Å². The molecule has 1 aromatic carbocycles. The van der Waals surface area contributed by atoms with Gasteiger partial charge in [0.25, 0.3) is 0 Å². The molecule has 0 spiro atoms. The lowest BCUT2D eigenvalue weighted by atomic mass is 10.0. The highest BCUT2D eigenvalue weighted by Crippen LogP contribution is 2.40. The number of nitrogens with one attached hydrogen (secondary N) is 1. The van der Waals surface area contributed by atoms with Crippen LogP contribution >= 0.6 is 0 Å². The molecule has 0 radical (unpaired) electrons. The zero-order chi connectivity index (χ0) is 19.9. The number of nitrogens with zero attached hydrogens (tertiary/aromatic N) is 3. The van der Waals surface area contributed by atoms with Gasteiger partial charge in [0, 0.05) is 11.3 Å². The van der Waals surface area contributed by atoms with Crippen LogP contribution in [0.4, 0.5) is 5.69 Å². The average Bonchev–Trinajstić information content (AvgIpc) is 3.38. The van der Waals surface area contributed by atoms with Crippen molar-refractivity contribution in [1.29, 1.82) is 5.41 Å². The second kappa shape index (κ2) is 9.46. The fourth-order valence-electron chi connectivity index (χ4n) is 2.51. The van der Waals surface area contributed by atoms with Crippen molar-refractivity contribution in [1.82, 2.24) is 4.90 Å². The molecule has 0 heterocycles. The number of ether oxygens (including phenoxy) is 1. The Morgan fingerprint density at radius 1 is 1.44 bits per heavy atom. The number of aliphatic imine (C=N–C) groups is 2. The summed E-state index contributed by atoms with van der Waals surface area (Å²) in [5.41, 5.74) is 7.73. The number of nitrogens with two attached hydrogens (primary N) is 1. The monoisotopic (exact) mass is 369 g/mol. The third kappa shape index (κ3) is 6.32. The van der Waals surface area contributed by atoms with E-state index in [2.05, 4.69) is 35.3 Å². The van der Waals surface area contributed by atoms with Crippen molar-refractivity contribution >= 4 is 23.4 Å². The van der Waals surface area contributed by atoms with Gasteiger partial charge in [0.05, 0.1) is 18.1 Å². The number of nitrogen functional groups attached to an aromatic ring is 1. The number of anilines is 1. The molecule has 0 aromatic heterocycles. The van der Waals surface area contributed by atoms with Gasteiger partial charge < -0.3 is 10.5 Å². The molecule has 1 saturated carbocycles. The molecular formula is C21H31N5O. The molecule has 6 nitrogen and oxygen atoms in total. The first-order valence-electron chi connectivity index (χ1n) is 9.43. The molecule has 6 heteroatoms. The van der Waals surface area contributed by atoms with Crippen LogP contribution in [0.1, 0.15) is 45.1 Å². The molecule has 0 amide bonds. The van der Waals surface area contributed by atoms with Crippen LogP contribution in [0.2, 0.25) is 0 Å². The summed E-state index contributed by atoms with van der Waals surface area (Å²) in [7, 11) is 2.03. The lowest BCUT2D eigenvalue weighted by Gasteiger charge is -2.15. The van der Waals surface area contributed by atoms with E-state index < -0.39 is 0 Å². The molecule has 3 N–H and O–H groups in total. The number of allylic oxidation sites excluding steroid dienone is 1. The van der Waals surface area contributed by atoms with Crippen molar-refractivity contribution in [2.24, 2.45) is 9.98 Å². The first kappa shape index (κ1) is 20.8. The third-order valence-corrected chi connectivity index (χ3v) is 4.56. The first-order valence-corrected chi connectivity index (χ1v) is 9.43. The van der Waals surface area contributed by atoms with Crippen molar-refractivity contribution in [3.8, 4) is 5.75 Å². The maximum atomic E-state index is 8.47. The normalized spacial score (nSPS) is 15.9. The lowest BCUT2D eigenvalue weighted by molar-refractivity contribution is 0.200. The predicted molar refractivity (Wildman–Crippen MR) is 114 cm³/mol. The Morgan fingerprint density at radius 3 is 2.81 bits per heavy atom. The summed E-state index contributed by atoms with van der Waals surface area (Å²) in [5, 5.41) is 8.47. The fraction of sp³-hybridized carbons (Fsp3) is 0.476. The molecule has 1 aliphatic rings. The summed E-state index contributed by atoms with van der Waals surface area (Å²) >= 11 is 0. The third-order valence-electron chi connectivity index (χ3n) is 4.56. The highest BCUT2D eigenvalue weighted by atomic mass is 16.5. The summed E-state index contributed by atoms with van der Waals surface area (Å²) in [6.07, 6.45) is 7.43. The van der Waals surface area contributed by atoms with E-state index in [1.807, 2.05) is 13.1 Å². The van der Waals surface area contributed by atoms with Crippen LogP contribution < -0.4 is 10.5 Å². The van der Waals surface area contributed by atoms with Gasteiger partial charge in [-0.3, -0.25) is 15.3 Å². The van der Waals surface area contributed by atoms with Crippen molar-refractivity contribution in [3.63, 3.8) is 0 Å². The van der Waals surface area contributed by atoms with E-state index in [0.717, 1.165) is 38.0 Å². The highest BCUT2D eigenvalue weighted by molar-refractivity contribution is 6.52. The van der Waals surface area contributed by atoms with Gasteiger partial charge in [-0.2, -0.15) is 0 Å². The summed E-state index contributed by atoms with van der Waals surface area (Å²) in [5.74, 6) is 0.721. The minimum atomic E-state index is -0.0820. The molecule has 0 atom stereocenters. The van der Waals surface area contributed by atoms with E-state index >= 15 is 0 Å². The average molecular weight is 370 g/mol. The van der Waals surface area contributed by atoms with E-state index in [9.17, 15) is 0 Å². The Hall–Kier alpha value is -2.47. The molecule has 0 aliphatic heterocycles. The number of hydrogen-bond acceptors (Lipinski definition) is 5. The predicted octanol–water partition coefficient (Wildman–Crippen LogP) is 3.91. The Labute approximate surface area is 162 Å². The van der Waals surface area contributed by atoms with E-state index in [1.54, 1.807) is 18.2 Å². The zero-order valence-corrected chi connectivity index (χ0v) is 16.7. The van der Waals surface area contributed by atoms with Crippen molar-refractivity contribution in [3.05, 3.63) is 36.4 Å². The molecule has 27 heavy (non-hydrogen) atoms. The second-order valence-electron chi connectivity index (χ2n) is 7.27. The molecule has 1 aromatic rings. The van der Waals surface area contributed by atoms with Gasteiger partial charge in [-0.1, -0.05) is 19.9 Å². The van der Waals surface area contributed by atoms with Crippen molar-refractivity contribution in [2.75, 3.05) is 26.0 Å². The topological polar surface area (TPSA) is 87.1 Å². The fourth-order valence-corrected chi connectivity index (χ4v) is 2.51. The van der Waals surface area contributed by atoms with Gasteiger partial charge in [0.2, 0.25) is 0 Å². The second-order valence-corrected chi connectivity index (χ2v) is 7.27. The van der Waals surface area contributed by atoms with Crippen molar-refractivity contribution < 1.29 is 4.74 Å². The van der Waals surface area contributed by atoms with Crippen LogP contribution in [0.15, 0.2) is 40.8 Å². The standard InChI is InChI=1S/C21H31N5O/c1-5-7-12-26(4)15-24-14-25-19(6-2)20(23)17-13-16(8-9-18(17)22)27-21(3)10-11-21/h6,8-9,13-14,23H,2,5,7,10-12,15,22H2,1,3-4H3/b23-20?,24-14-,25-19?. The highest BCUT2D eigenvalue weighted by Gasteiger charge is 2.40. The minimum absolute atomic E-state index is 0.0820. The Bertz CT molecular complexity index is 734. The molecule has 0 saturated heterocycles. The summed E-state index contributed by atoms with van der Waals surface area (Å²) < 4.78 is 5.98. The summed E-state index contributed by atoms with van der Waals surface area (Å²) in [6.45, 7) is 9.60. The molecule has 0 bridgehead atoms. The molecule has 2 rings (SSSR count). The molecule has 1 aliphatic carbocycles.